The van der Waals surface area contributed by atoms with Gasteiger partial charge in [-0.2, -0.15) is 18.3 Å². The van der Waals surface area contributed by atoms with E-state index in [1.54, 1.807) is 0 Å². The third kappa shape index (κ3) is 5.04. The number of aromatic nitrogens is 5. The van der Waals surface area contributed by atoms with Crippen molar-refractivity contribution < 1.29 is 36.2 Å². The van der Waals surface area contributed by atoms with Gasteiger partial charge in [0.05, 0.1) is 48.6 Å². The number of nitrogens with two attached hydrogens (primary N) is 1. The first kappa shape index (κ1) is 26.2. The van der Waals surface area contributed by atoms with Gasteiger partial charge in [0.1, 0.15) is 5.69 Å². The maximum atomic E-state index is 13.9. The molecule has 3 aromatic heterocycles. The summed E-state index contributed by atoms with van der Waals surface area (Å²) in [4.78, 5) is 29.3. The van der Waals surface area contributed by atoms with Gasteiger partial charge in [-0.15, -0.1) is 0 Å². The third-order valence-corrected chi connectivity index (χ3v) is 6.39. The highest BCUT2D eigenvalue weighted by Crippen LogP contribution is 2.46. The van der Waals surface area contributed by atoms with Crippen LogP contribution in [0.3, 0.4) is 0 Å². The molecule has 1 aliphatic rings. The van der Waals surface area contributed by atoms with Crippen molar-refractivity contribution >= 4 is 17.6 Å². The average Bonchev–Trinajstić information content (AvgIpc) is 3.44. The summed E-state index contributed by atoms with van der Waals surface area (Å²) in [6.07, 6.45) is -2.50. The monoisotopic (exact) mass is 530 g/mol. The van der Waals surface area contributed by atoms with Gasteiger partial charge in [0.25, 0.3) is 11.8 Å². The lowest BCUT2D eigenvalue weighted by Gasteiger charge is -2.36. The Hall–Kier alpha value is -3.85. The molecule has 11 nitrogen and oxygen atoms in total. The van der Waals surface area contributed by atoms with E-state index in [0.717, 1.165) is 18.7 Å². The number of alkyl halides is 5. The zero-order valence-corrected chi connectivity index (χ0v) is 19.9. The van der Waals surface area contributed by atoms with Gasteiger partial charge in [-0.1, -0.05) is 19.0 Å². The SMILES string of the molecule is C[C@H](c1cnn2cc([C@H](CC(C)(C)C(F)(F)F)c3nonc3C(N)=O)nc2c1)N1CC(F)(F)CNC1=O. The van der Waals surface area contributed by atoms with Crippen molar-refractivity contribution in [3.8, 4) is 0 Å². The van der Waals surface area contributed by atoms with Gasteiger partial charge in [0, 0.05) is 0 Å². The first-order chi connectivity index (χ1) is 17.1. The van der Waals surface area contributed by atoms with Crippen molar-refractivity contribution in [2.24, 2.45) is 11.1 Å². The molecule has 0 unspecified atom stereocenters. The van der Waals surface area contributed by atoms with Crippen LogP contribution in [0.1, 0.15) is 66.6 Å². The fraction of sp³-hybridized carbons (Fsp3) is 0.524. The molecule has 4 rings (SSSR count). The van der Waals surface area contributed by atoms with E-state index in [0.29, 0.717) is 5.56 Å². The van der Waals surface area contributed by atoms with Crippen molar-refractivity contribution in [2.45, 2.75) is 51.3 Å². The van der Waals surface area contributed by atoms with Gasteiger partial charge in [0.2, 0.25) is 0 Å². The molecule has 1 saturated heterocycles. The lowest BCUT2D eigenvalue weighted by atomic mass is 9.79. The minimum Gasteiger partial charge on any atom is -0.364 e. The van der Waals surface area contributed by atoms with Gasteiger partial charge in [-0.25, -0.2) is 27.7 Å². The zero-order chi connectivity index (χ0) is 27.3. The minimum absolute atomic E-state index is 0.0649. The highest BCUT2D eigenvalue weighted by Gasteiger charge is 2.49. The molecule has 0 spiro atoms. The van der Waals surface area contributed by atoms with E-state index in [1.165, 1.54) is 29.9 Å². The zero-order valence-electron chi connectivity index (χ0n) is 19.9. The summed E-state index contributed by atoms with van der Waals surface area (Å²) in [5.41, 5.74) is 3.02. The van der Waals surface area contributed by atoms with E-state index in [1.807, 2.05) is 0 Å². The number of imidazole rings is 1. The molecule has 3 N–H and O–H groups in total. The second kappa shape index (κ2) is 8.92. The maximum Gasteiger partial charge on any atom is 0.394 e. The smallest absolute Gasteiger partial charge is 0.364 e. The molecular formula is C21H23F5N8O3. The molecular weight excluding hydrogens is 507 g/mol. The summed E-state index contributed by atoms with van der Waals surface area (Å²) >= 11 is 0. The highest BCUT2D eigenvalue weighted by molar-refractivity contribution is 5.91. The van der Waals surface area contributed by atoms with Crippen LogP contribution in [0.5, 0.6) is 0 Å². The molecule has 0 aromatic carbocycles. The quantitative estimate of drug-likeness (QED) is 0.447. The van der Waals surface area contributed by atoms with Crippen molar-refractivity contribution in [2.75, 3.05) is 13.1 Å². The summed E-state index contributed by atoms with van der Waals surface area (Å²) in [6, 6.07) is -0.0114. The Bertz CT molecular complexity index is 1340. The topological polar surface area (TPSA) is 145 Å². The minimum atomic E-state index is -4.60. The molecule has 16 heteroatoms. The number of halogens is 5. The van der Waals surface area contributed by atoms with Crippen molar-refractivity contribution in [3.05, 3.63) is 41.1 Å². The number of amides is 3. The number of urea groups is 1. The number of rotatable bonds is 7. The first-order valence-corrected chi connectivity index (χ1v) is 11.1. The van der Waals surface area contributed by atoms with Crippen LogP contribution in [-0.4, -0.2) is 66.9 Å². The molecule has 200 valence electrons. The number of fused-ring (bicyclic) bond motifs is 1. The van der Waals surface area contributed by atoms with E-state index < -0.39 is 66.6 Å². The van der Waals surface area contributed by atoms with Crippen LogP contribution in [0.15, 0.2) is 23.1 Å². The van der Waals surface area contributed by atoms with Gasteiger partial charge < -0.3 is 16.0 Å². The molecule has 3 aromatic rings. The fourth-order valence-corrected chi connectivity index (χ4v) is 4.04. The Morgan fingerprint density at radius 2 is 2.00 bits per heavy atom. The Balaban J connectivity index is 1.73. The van der Waals surface area contributed by atoms with Crippen LogP contribution in [-0.2, 0) is 0 Å². The third-order valence-electron chi connectivity index (χ3n) is 6.39. The number of nitrogens with one attached hydrogen (secondary N) is 1. The van der Waals surface area contributed by atoms with Crippen LogP contribution in [0.25, 0.3) is 5.65 Å². The van der Waals surface area contributed by atoms with Crippen LogP contribution in [0.4, 0.5) is 26.7 Å². The Morgan fingerprint density at radius 3 is 2.65 bits per heavy atom. The van der Waals surface area contributed by atoms with Crippen LogP contribution >= 0.6 is 0 Å². The molecule has 0 saturated carbocycles. The predicted molar refractivity (Wildman–Crippen MR) is 116 cm³/mol. The normalized spacial score (nSPS) is 18.1. The second-order valence-electron chi connectivity index (χ2n) is 9.58. The molecule has 4 heterocycles. The number of carbonyl (C=O) groups excluding carboxylic acids is 2. The summed E-state index contributed by atoms with van der Waals surface area (Å²) in [5, 5.41) is 13.4. The van der Waals surface area contributed by atoms with Gasteiger partial charge in [0.15, 0.2) is 11.3 Å². The predicted octanol–water partition coefficient (Wildman–Crippen LogP) is 3.04. The number of hydrogen-bond donors (Lipinski definition) is 2. The summed E-state index contributed by atoms with van der Waals surface area (Å²) in [6.45, 7) is 1.95. The average molecular weight is 530 g/mol. The van der Waals surface area contributed by atoms with Crippen molar-refractivity contribution in [3.63, 3.8) is 0 Å². The van der Waals surface area contributed by atoms with Crippen molar-refractivity contribution in [1.29, 1.82) is 0 Å². The number of hydrogen-bond acceptors (Lipinski definition) is 7. The molecule has 1 fully saturated rings. The molecule has 37 heavy (non-hydrogen) atoms. The summed E-state index contributed by atoms with van der Waals surface area (Å²) in [5.74, 6) is -5.37. The Labute approximate surface area is 206 Å². The van der Waals surface area contributed by atoms with E-state index in [-0.39, 0.29) is 17.0 Å². The molecule has 0 bridgehead atoms. The maximum absolute atomic E-state index is 13.9. The fourth-order valence-electron chi connectivity index (χ4n) is 4.04. The van der Waals surface area contributed by atoms with E-state index in [9.17, 15) is 31.5 Å². The van der Waals surface area contributed by atoms with Gasteiger partial charge in [-0.05, 0) is 30.1 Å². The summed E-state index contributed by atoms with van der Waals surface area (Å²) in [7, 11) is 0. The Kier molecular flexibility index (Phi) is 6.32. The van der Waals surface area contributed by atoms with Crippen LogP contribution < -0.4 is 11.1 Å². The van der Waals surface area contributed by atoms with Crippen LogP contribution in [0.2, 0.25) is 0 Å². The number of carbonyl (C=O) groups is 2. The lowest BCUT2D eigenvalue weighted by molar-refractivity contribution is -0.214. The molecule has 2 atom stereocenters. The first-order valence-electron chi connectivity index (χ1n) is 11.1. The molecule has 3 amide bonds. The van der Waals surface area contributed by atoms with Gasteiger partial charge >= 0.3 is 12.2 Å². The Morgan fingerprint density at radius 1 is 1.30 bits per heavy atom. The largest absolute Gasteiger partial charge is 0.394 e. The van der Waals surface area contributed by atoms with Crippen LogP contribution in [0, 0.1) is 5.41 Å². The van der Waals surface area contributed by atoms with E-state index in [4.69, 9.17) is 5.73 Å². The molecule has 0 radical (unpaired) electrons. The van der Waals surface area contributed by atoms with E-state index >= 15 is 0 Å². The highest BCUT2D eigenvalue weighted by atomic mass is 19.4. The number of primary amides is 1. The molecule has 0 aliphatic carbocycles. The van der Waals surface area contributed by atoms with Gasteiger partial charge in [-0.3, -0.25) is 4.79 Å². The standard InChI is InChI=1S/C21H23F5N8O3/c1-10(33-9-20(22,23)8-28-18(33)36)11-4-14-30-13(7-34(14)29-6-11)12(5-19(2,3)21(24,25)26)15-16(17(27)35)32-37-31-15/h4,6-7,10,12H,5,8-9H2,1-3H3,(H2,27,35)(H,28,36)/t10-,12+/m1/s1. The van der Waals surface area contributed by atoms with Crippen molar-refractivity contribution in [1.82, 2.24) is 35.1 Å². The second-order valence-corrected chi connectivity index (χ2v) is 9.58. The number of nitrogens with zero attached hydrogens (tertiary/aromatic N) is 6. The summed E-state index contributed by atoms with van der Waals surface area (Å²) < 4.78 is 74.8. The lowest BCUT2D eigenvalue weighted by Crippen LogP contribution is -2.57. The molecule has 1 aliphatic heterocycles. The van der Waals surface area contributed by atoms with E-state index in [2.05, 4.69) is 30.3 Å².